The molecule has 0 aliphatic heterocycles. The Morgan fingerprint density at radius 1 is 1.12 bits per heavy atom. The Balaban J connectivity index is 2.28. The zero-order valence-corrected chi connectivity index (χ0v) is 10.7. The molecule has 1 aromatic rings. The smallest absolute Gasteiger partial charge is 0.0276 e. The largest absolute Gasteiger partial charge is 0.0854 e. The maximum atomic E-state index is 2.44. The van der Waals surface area contributed by atoms with Crippen LogP contribution in [0.2, 0.25) is 0 Å². The van der Waals surface area contributed by atoms with Gasteiger partial charge in [-0.1, -0.05) is 62.2 Å². The molecular weight excluding hydrogens is 192 g/mol. The minimum Gasteiger partial charge on any atom is -0.0854 e. The summed E-state index contributed by atoms with van der Waals surface area (Å²) in [5, 5.41) is 0. The van der Waals surface area contributed by atoms with E-state index in [0.29, 0.717) is 0 Å². The monoisotopic (exact) mass is 216 g/mol. The van der Waals surface area contributed by atoms with Gasteiger partial charge in [0.1, 0.15) is 0 Å². The Bertz CT molecular complexity index is 295. The van der Waals surface area contributed by atoms with Crippen molar-refractivity contribution in [2.24, 2.45) is 0 Å². The highest BCUT2D eigenvalue weighted by molar-refractivity contribution is 5.15. The molecule has 88 valence electrons. The van der Waals surface area contributed by atoms with Crippen LogP contribution in [0.3, 0.4) is 0 Å². The normalized spacial score (nSPS) is 11.8. The fourth-order valence-electron chi connectivity index (χ4n) is 1.94. The Morgan fingerprint density at radius 2 is 1.88 bits per heavy atom. The number of hydrogen-bond donors (Lipinski definition) is 0. The van der Waals surface area contributed by atoms with Crippen LogP contribution in [0.25, 0.3) is 0 Å². The van der Waals surface area contributed by atoms with Gasteiger partial charge in [-0.15, -0.1) is 0 Å². The van der Waals surface area contributed by atoms with Gasteiger partial charge in [0, 0.05) is 0 Å². The van der Waals surface area contributed by atoms with E-state index in [9.17, 15) is 0 Å². The first-order chi connectivity index (χ1) is 7.86. The van der Waals surface area contributed by atoms with Crippen molar-refractivity contribution in [3.63, 3.8) is 0 Å². The lowest BCUT2D eigenvalue weighted by Crippen LogP contribution is -1.88. The van der Waals surface area contributed by atoms with Crippen LogP contribution in [-0.4, -0.2) is 0 Å². The summed E-state index contributed by atoms with van der Waals surface area (Å²) in [5.41, 5.74) is 3.10. The maximum Gasteiger partial charge on any atom is -0.0276 e. The fraction of sp³-hybridized carbons (Fsp3) is 0.500. The first kappa shape index (κ1) is 13.0. The number of aryl methyl sites for hydroxylation is 1. The SMILES string of the molecule is CCCC=C(CC)CCCc1ccccc1. The summed E-state index contributed by atoms with van der Waals surface area (Å²) in [5.74, 6) is 0. The van der Waals surface area contributed by atoms with Crippen molar-refractivity contribution in [1.29, 1.82) is 0 Å². The van der Waals surface area contributed by atoms with Gasteiger partial charge in [0.25, 0.3) is 0 Å². The molecule has 1 aromatic carbocycles. The lowest BCUT2D eigenvalue weighted by atomic mass is 10.0. The zero-order chi connectivity index (χ0) is 11.6. The minimum atomic E-state index is 1.21. The maximum absolute atomic E-state index is 2.44. The number of benzene rings is 1. The summed E-state index contributed by atoms with van der Waals surface area (Å²) >= 11 is 0. The molecule has 16 heavy (non-hydrogen) atoms. The molecule has 0 radical (unpaired) electrons. The average molecular weight is 216 g/mol. The van der Waals surface area contributed by atoms with Crippen molar-refractivity contribution >= 4 is 0 Å². The molecule has 0 aliphatic carbocycles. The van der Waals surface area contributed by atoms with E-state index in [2.05, 4.69) is 50.3 Å². The third-order valence-corrected chi connectivity index (χ3v) is 2.98. The molecule has 0 nitrogen and oxygen atoms in total. The molecule has 0 N–H and O–H groups in total. The zero-order valence-electron chi connectivity index (χ0n) is 10.7. The molecular formula is C16H24. The van der Waals surface area contributed by atoms with Gasteiger partial charge >= 0.3 is 0 Å². The molecule has 0 saturated carbocycles. The molecule has 0 saturated heterocycles. The van der Waals surface area contributed by atoms with Gasteiger partial charge in [0.2, 0.25) is 0 Å². The van der Waals surface area contributed by atoms with Crippen molar-refractivity contribution in [1.82, 2.24) is 0 Å². The van der Waals surface area contributed by atoms with Gasteiger partial charge in [-0.05, 0) is 37.7 Å². The van der Waals surface area contributed by atoms with Gasteiger partial charge in [0.15, 0.2) is 0 Å². The summed E-state index contributed by atoms with van der Waals surface area (Å²) < 4.78 is 0. The predicted molar refractivity (Wildman–Crippen MR) is 72.7 cm³/mol. The lowest BCUT2D eigenvalue weighted by molar-refractivity contribution is 0.776. The van der Waals surface area contributed by atoms with Crippen molar-refractivity contribution < 1.29 is 0 Å². The summed E-state index contributed by atoms with van der Waals surface area (Å²) in [4.78, 5) is 0. The second-order valence-electron chi connectivity index (χ2n) is 4.34. The number of hydrogen-bond acceptors (Lipinski definition) is 0. The molecule has 0 aromatic heterocycles. The molecule has 0 heterocycles. The molecule has 0 fully saturated rings. The topological polar surface area (TPSA) is 0 Å². The number of allylic oxidation sites excluding steroid dienone is 2. The predicted octanol–water partition coefficient (Wildman–Crippen LogP) is 5.15. The third-order valence-electron chi connectivity index (χ3n) is 2.98. The van der Waals surface area contributed by atoms with Gasteiger partial charge in [0.05, 0.1) is 0 Å². The molecule has 0 aliphatic rings. The van der Waals surface area contributed by atoms with Crippen LogP contribution >= 0.6 is 0 Å². The van der Waals surface area contributed by atoms with Crippen LogP contribution in [0.5, 0.6) is 0 Å². The first-order valence-electron chi connectivity index (χ1n) is 6.58. The second-order valence-corrected chi connectivity index (χ2v) is 4.34. The van der Waals surface area contributed by atoms with E-state index in [1.54, 1.807) is 5.57 Å². The van der Waals surface area contributed by atoms with E-state index in [1.165, 1.54) is 44.1 Å². The Kier molecular flexibility index (Phi) is 6.64. The highest BCUT2D eigenvalue weighted by atomic mass is 14.0. The number of unbranched alkanes of at least 4 members (excludes halogenated alkanes) is 1. The highest BCUT2D eigenvalue weighted by Gasteiger charge is 1.96. The van der Waals surface area contributed by atoms with Gasteiger partial charge in [-0.25, -0.2) is 0 Å². The van der Waals surface area contributed by atoms with Crippen LogP contribution in [0, 0.1) is 0 Å². The second kappa shape index (κ2) is 8.15. The minimum absolute atomic E-state index is 1.21. The van der Waals surface area contributed by atoms with Crippen LogP contribution in [-0.2, 0) is 6.42 Å². The van der Waals surface area contributed by atoms with Gasteiger partial charge < -0.3 is 0 Å². The molecule has 0 spiro atoms. The third kappa shape index (κ3) is 5.16. The van der Waals surface area contributed by atoms with Crippen LogP contribution in [0.4, 0.5) is 0 Å². The van der Waals surface area contributed by atoms with Crippen LogP contribution < -0.4 is 0 Å². The molecule has 0 bridgehead atoms. The van der Waals surface area contributed by atoms with E-state index < -0.39 is 0 Å². The molecule has 0 atom stereocenters. The van der Waals surface area contributed by atoms with Crippen molar-refractivity contribution in [3.8, 4) is 0 Å². The fourth-order valence-corrected chi connectivity index (χ4v) is 1.94. The summed E-state index contributed by atoms with van der Waals surface area (Å²) in [7, 11) is 0. The van der Waals surface area contributed by atoms with Crippen LogP contribution in [0.15, 0.2) is 42.0 Å². The average Bonchev–Trinajstić information content (AvgIpc) is 2.35. The van der Waals surface area contributed by atoms with E-state index in [1.807, 2.05) is 0 Å². The van der Waals surface area contributed by atoms with Crippen molar-refractivity contribution in [3.05, 3.63) is 47.5 Å². The number of rotatable bonds is 7. The first-order valence-corrected chi connectivity index (χ1v) is 6.58. The van der Waals surface area contributed by atoms with Crippen molar-refractivity contribution in [2.45, 2.75) is 52.4 Å². The molecule has 0 amide bonds. The quantitative estimate of drug-likeness (QED) is 0.553. The molecule has 0 heteroatoms. The Morgan fingerprint density at radius 3 is 2.50 bits per heavy atom. The molecule has 1 rings (SSSR count). The summed E-state index contributed by atoms with van der Waals surface area (Å²) in [6.45, 7) is 4.51. The van der Waals surface area contributed by atoms with Crippen molar-refractivity contribution in [2.75, 3.05) is 0 Å². The molecule has 0 unspecified atom stereocenters. The summed E-state index contributed by atoms with van der Waals surface area (Å²) in [6.07, 6.45) is 9.93. The van der Waals surface area contributed by atoms with E-state index in [0.717, 1.165) is 0 Å². The Hall–Kier alpha value is -1.04. The highest BCUT2D eigenvalue weighted by Crippen LogP contribution is 2.14. The Labute approximate surface area is 100 Å². The van der Waals surface area contributed by atoms with Gasteiger partial charge in [-0.3, -0.25) is 0 Å². The lowest BCUT2D eigenvalue weighted by Gasteiger charge is -2.05. The summed E-state index contributed by atoms with van der Waals surface area (Å²) in [6, 6.07) is 10.8. The van der Waals surface area contributed by atoms with Crippen LogP contribution in [0.1, 0.15) is 51.5 Å². The van der Waals surface area contributed by atoms with E-state index in [4.69, 9.17) is 0 Å². The van der Waals surface area contributed by atoms with E-state index in [-0.39, 0.29) is 0 Å². The van der Waals surface area contributed by atoms with E-state index >= 15 is 0 Å². The van der Waals surface area contributed by atoms with Gasteiger partial charge in [-0.2, -0.15) is 0 Å². The standard InChI is InChI=1S/C16H24/c1-3-5-10-15(4-2)13-9-14-16-11-7-6-8-12-16/h6-8,10-12H,3-5,9,13-14H2,1-2H3.